The summed E-state index contributed by atoms with van der Waals surface area (Å²) < 4.78 is 2.41. The first kappa shape index (κ1) is 28.0. The minimum Gasteiger partial charge on any atom is -0.384 e. The van der Waals surface area contributed by atoms with Gasteiger partial charge in [0.15, 0.2) is 5.78 Å². The number of likely N-dealkylation sites (tertiary alicyclic amines) is 1. The van der Waals surface area contributed by atoms with E-state index in [4.69, 9.17) is 5.73 Å². The number of fused-ring (bicyclic) bond motifs is 1. The van der Waals surface area contributed by atoms with Gasteiger partial charge < -0.3 is 10.6 Å². The third kappa shape index (κ3) is 6.72. The van der Waals surface area contributed by atoms with E-state index in [-0.39, 0.29) is 36.8 Å². The molecule has 0 spiro atoms. The van der Waals surface area contributed by atoms with E-state index in [2.05, 4.69) is 18.2 Å². The van der Waals surface area contributed by atoms with Crippen LogP contribution in [0.1, 0.15) is 53.2 Å². The number of aromatic nitrogens is 2. The molecule has 0 atom stereocenters. The molecular weight excluding hydrogens is 494 g/mol. The predicted molar refractivity (Wildman–Crippen MR) is 152 cm³/mol. The zero-order valence-corrected chi connectivity index (χ0v) is 22.6. The van der Waals surface area contributed by atoms with Crippen LogP contribution in [0.25, 0.3) is 0 Å². The molecule has 0 unspecified atom stereocenters. The second-order valence-corrected chi connectivity index (χ2v) is 10.0. The van der Waals surface area contributed by atoms with Crippen LogP contribution in [0, 0.1) is 0 Å². The second kappa shape index (κ2) is 13.2. The minimum absolute atomic E-state index is 0.0411. The monoisotopic (exact) mass is 531 g/mol. The second-order valence-electron chi connectivity index (χ2n) is 10.0. The zero-order valence-electron chi connectivity index (χ0n) is 22.6. The maximum atomic E-state index is 12.9. The number of Topliss-reactive ketones (excluding diaryl/α,β-unsaturated/α-hetero) is 1. The van der Waals surface area contributed by atoms with Crippen LogP contribution < -0.4 is 17.0 Å². The van der Waals surface area contributed by atoms with E-state index in [0.29, 0.717) is 0 Å². The molecule has 5 rings (SSSR count). The average Bonchev–Trinajstić information content (AvgIpc) is 2.96. The number of carbonyl (C=O) groups is 2. The molecule has 1 saturated heterocycles. The van der Waals surface area contributed by atoms with Gasteiger partial charge in [-0.05, 0) is 56.0 Å². The van der Waals surface area contributed by atoms with Crippen LogP contribution in [0.5, 0.6) is 0 Å². The van der Waals surface area contributed by atoms with E-state index in [9.17, 15) is 19.2 Å². The summed E-state index contributed by atoms with van der Waals surface area (Å²) in [5.41, 5.74) is 8.57. The fourth-order valence-corrected chi connectivity index (χ4v) is 5.18. The summed E-state index contributed by atoms with van der Waals surface area (Å²) in [5, 5.41) is 0. The molecule has 2 N–H and O–H groups in total. The van der Waals surface area contributed by atoms with E-state index in [1.54, 1.807) is 6.92 Å². The van der Waals surface area contributed by atoms with Crippen LogP contribution >= 0.6 is 0 Å². The van der Waals surface area contributed by atoms with Crippen LogP contribution in [-0.2, 0) is 30.8 Å². The van der Waals surface area contributed by atoms with Crippen molar-refractivity contribution in [1.82, 2.24) is 18.9 Å². The quantitative estimate of drug-likeness (QED) is 0.371. The topological polar surface area (TPSA) is 111 Å². The molecule has 1 aromatic heterocycles. The fraction of sp³-hybridized carbons (Fsp3) is 0.400. The number of ketones is 1. The maximum Gasteiger partial charge on any atom is 0.332 e. The number of nitrogens with two attached hydrogens (primary N) is 1. The van der Waals surface area contributed by atoms with Crippen LogP contribution in [0.15, 0.2) is 64.2 Å². The van der Waals surface area contributed by atoms with Crippen molar-refractivity contribution in [3.05, 3.63) is 97.7 Å². The summed E-state index contributed by atoms with van der Waals surface area (Å²) in [5.74, 6) is -0.357. The first-order valence-electron chi connectivity index (χ1n) is 13.6. The van der Waals surface area contributed by atoms with Gasteiger partial charge in [0.2, 0.25) is 6.41 Å². The molecule has 0 aliphatic carbocycles. The molecule has 0 bridgehead atoms. The molecule has 1 fully saturated rings. The van der Waals surface area contributed by atoms with Crippen molar-refractivity contribution in [2.24, 2.45) is 0 Å². The molecular formula is C30H37N5O4. The van der Waals surface area contributed by atoms with E-state index in [1.807, 2.05) is 46.2 Å². The molecule has 0 radical (unpaired) electrons. The van der Waals surface area contributed by atoms with Gasteiger partial charge in [-0.1, -0.05) is 61.0 Å². The average molecular weight is 532 g/mol. The van der Waals surface area contributed by atoms with Crippen LogP contribution in [0.4, 0.5) is 5.82 Å². The number of hydrogen-bond donors (Lipinski definition) is 1. The van der Waals surface area contributed by atoms with Gasteiger partial charge in [-0.3, -0.25) is 28.4 Å². The highest BCUT2D eigenvalue weighted by Gasteiger charge is 2.24. The van der Waals surface area contributed by atoms with Crippen molar-refractivity contribution in [2.75, 3.05) is 31.9 Å². The number of piperidine rings is 1. The Hall–Kier alpha value is -3.98. The number of nitrogens with zero attached hydrogens (tertiary/aromatic N) is 4. The molecule has 9 nitrogen and oxygen atoms in total. The summed E-state index contributed by atoms with van der Waals surface area (Å²) in [6, 6.07) is 17.7. The highest BCUT2D eigenvalue weighted by molar-refractivity contribution is 6.01. The lowest BCUT2D eigenvalue weighted by Crippen LogP contribution is -2.45. The van der Waals surface area contributed by atoms with Crippen molar-refractivity contribution in [3.63, 3.8) is 0 Å². The summed E-state index contributed by atoms with van der Waals surface area (Å²) >= 11 is 0. The number of nitrogen functional groups attached to an aromatic ring is 1. The first-order valence-corrected chi connectivity index (χ1v) is 13.6. The van der Waals surface area contributed by atoms with Gasteiger partial charge in [0.1, 0.15) is 11.4 Å². The van der Waals surface area contributed by atoms with Gasteiger partial charge in [0.25, 0.3) is 5.56 Å². The normalized spacial score (nSPS) is 15.2. The Balaban J connectivity index is 0.000000243. The fourth-order valence-electron chi connectivity index (χ4n) is 5.18. The number of anilines is 1. The van der Waals surface area contributed by atoms with E-state index >= 15 is 0 Å². The smallest absolute Gasteiger partial charge is 0.332 e. The lowest BCUT2D eigenvalue weighted by Gasteiger charge is -2.26. The molecule has 3 aromatic rings. The van der Waals surface area contributed by atoms with E-state index < -0.39 is 11.2 Å². The SMILES string of the molecule is CCn1c(=O)c(C(=O)CN2CCCCC2)c(N)n(Cc2ccccc2)c1=O.O=CN1CCc2ccccc2C1. The summed E-state index contributed by atoms with van der Waals surface area (Å²) in [6.45, 7) is 5.61. The molecule has 2 aliphatic heterocycles. The lowest BCUT2D eigenvalue weighted by atomic mass is 10.0. The van der Waals surface area contributed by atoms with Gasteiger partial charge in [0.05, 0.1) is 13.1 Å². The molecule has 2 aromatic carbocycles. The van der Waals surface area contributed by atoms with Crippen molar-refractivity contribution in [1.29, 1.82) is 0 Å². The predicted octanol–water partition coefficient (Wildman–Crippen LogP) is 2.53. The van der Waals surface area contributed by atoms with Crippen molar-refractivity contribution in [3.8, 4) is 0 Å². The van der Waals surface area contributed by atoms with Crippen LogP contribution in [0.2, 0.25) is 0 Å². The Kier molecular flexibility index (Phi) is 9.49. The number of rotatable bonds is 7. The van der Waals surface area contributed by atoms with Crippen molar-refractivity contribution >= 4 is 18.0 Å². The Morgan fingerprint density at radius 1 is 0.897 bits per heavy atom. The molecule has 0 saturated carbocycles. The van der Waals surface area contributed by atoms with E-state index in [0.717, 1.165) is 68.4 Å². The van der Waals surface area contributed by atoms with Gasteiger partial charge in [-0.2, -0.15) is 0 Å². The van der Waals surface area contributed by atoms with Gasteiger partial charge in [-0.15, -0.1) is 0 Å². The molecule has 39 heavy (non-hydrogen) atoms. The van der Waals surface area contributed by atoms with Crippen molar-refractivity contribution < 1.29 is 9.59 Å². The third-order valence-corrected chi connectivity index (χ3v) is 7.37. The molecule has 206 valence electrons. The minimum atomic E-state index is -0.591. The van der Waals surface area contributed by atoms with Crippen LogP contribution in [0.3, 0.4) is 0 Å². The van der Waals surface area contributed by atoms with Crippen LogP contribution in [-0.4, -0.2) is 57.3 Å². The summed E-state index contributed by atoms with van der Waals surface area (Å²) in [7, 11) is 0. The largest absolute Gasteiger partial charge is 0.384 e. The Bertz CT molecular complexity index is 1410. The third-order valence-electron chi connectivity index (χ3n) is 7.37. The van der Waals surface area contributed by atoms with Gasteiger partial charge in [-0.25, -0.2) is 4.79 Å². The molecule has 2 aliphatic rings. The highest BCUT2D eigenvalue weighted by atomic mass is 16.2. The number of benzene rings is 2. The summed E-state index contributed by atoms with van der Waals surface area (Å²) in [6.07, 6.45) is 5.19. The maximum absolute atomic E-state index is 12.9. The zero-order chi connectivity index (χ0) is 27.8. The first-order chi connectivity index (χ1) is 18.9. The Morgan fingerprint density at radius 3 is 2.23 bits per heavy atom. The number of amides is 1. The highest BCUT2D eigenvalue weighted by Crippen LogP contribution is 2.17. The number of hydrogen-bond acceptors (Lipinski definition) is 6. The van der Waals surface area contributed by atoms with E-state index in [1.165, 1.54) is 15.7 Å². The molecule has 1 amide bonds. The standard InChI is InChI=1S/C20H26N4O3.C10H11NO/c1-2-23-19(26)17(16(25)14-22-11-7-4-8-12-22)18(21)24(20(23)27)13-15-9-5-3-6-10-15;12-8-11-6-5-9-3-1-2-4-10(9)7-11/h3,5-6,9-10H,2,4,7-8,11-14,21H2,1H3;1-4,8H,5-7H2. The lowest BCUT2D eigenvalue weighted by molar-refractivity contribution is -0.118. The molecule has 9 heteroatoms. The van der Waals surface area contributed by atoms with Crippen molar-refractivity contribution in [2.45, 2.75) is 52.2 Å². The number of carbonyl (C=O) groups excluding carboxylic acids is 2. The van der Waals surface area contributed by atoms with Gasteiger partial charge in [0, 0.05) is 19.6 Å². The molecule has 3 heterocycles. The Labute approximate surface area is 228 Å². The Morgan fingerprint density at radius 2 is 1.56 bits per heavy atom. The van der Waals surface area contributed by atoms with Gasteiger partial charge >= 0.3 is 5.69 Å². The summed E-state index contributed by atoms with van der Waals surface area (Å²) in [4.78, 5) is 52.7.